The van der Waals surface area contributed by atoms with E-state index in [9.17, 15) is 9.59 Å². The van der Waals surface area contributed by atoms with E-state index in [1.807, 2.05) is 37.3 Å². The smallest absolute Gasteiger partial charge is 0.340 e. The first-order chi connectivity index (χ1) is 10.1. The van der Waals surface area contributed by atoms with E-state index < -0.39 is 0 Å². The molecule has 0 aliphatic carbocycles. The van der Waals surface area contributed by atoms with Gasteiger partial charge >= 0.3 is 5.97 Å². The van der Waals surface area contributed by atoms with Crippen LogP contribution in [0, 0.1) is 6.92 Å². The molecule has 1 aromatic carbocycles. The van der Waals surface area contributed by atoms with Crippen molar-refractivity contribution in [2.75, 3.05) is 6.61 Å². The molecule has 0 aliphatic rings. The lowest BCUT2D eigenvalue weighted by molar-refractivity contribution is 0.0523. The zero-order valence-electron chi connectivity index (χ0n) is 12.6. The predicted molar refractivity (Wildman–Crippen MR) is 82.1 cm³/mol. The van der Waals surface area contributed by atoms with Crippen LogP contribution in [-0.4, -0.2) is 17.1 Å². The molecule has 21 heavy (non-hydrogen) atoms. The van der Waals surface area contributed by atoms with Gasteiger partial charge in [-0.1, -0.05) is 25.1 Å². The lowest BCUT2D eigenvalue weighted by Gasteiger charge is -2.16. The van der Waals surface area contributed by atoms with Crippen LogP contribution in [0.15, 0.2) is 41.2 Å². The van der Waals surface area contributed by atoms with Crippen molar-refractivity contribution in [3.05, 3.63) is 63.6 Å². The molecule has 0 N–H and O–H groups in total. The first-order valence-electron chi connectivity index (χ1n) is 7.08. The molecule has 0 fully saturated rings. The normalized spacial score (nSPS) is 10.4. The fraction of sp³-hybridized carbons (Fsp3) is 0.294. The topological polar surface area (TPSA) is 48.3 Å². The van der Waals surface area contributed by atoms with Gasteiger partial charge in [-0.3, -0.25) is 9.36 Å². The molecular formula is C17H19NO3. The third kappa shape index (κ3) is 2.89. The summed E-state index contributed by atoms with van der Waals surface area (Å²) in [6.07, 6.45) is 0.611. The Morgan fingerprint density at radius 3 is 2.43 bits per heavy atom. The van der Waals surface area contributed by atoms with Gasteiger partial charge in [-0.05, 0) is 38.0 Å². The van der Waals surface area contributed by atoms with E-state index in [0.717, 1.165) is 11.3 Å². The fourth-order valence-corrected chi connectivity index (χ4v) is 2.45. The number of carbonyl (C=O) groups excluding carboxylic acids is 1. The van der Waals surface area contributed by atoms with Crippen molar-refractivity contribution in [3.63, 3.8) is 0 Å². The third-order valence-corrected chi connectivity index (χ3v) is 3.41. The van der Waals surface area contributed by atoms with Crippen LogP contribution in [0.2, 0.25) is 0 Å². The van der Waals surface area contributed by atoms with E-state index in [1.165, 1.54) is 6.07 Å². The fourth-order valence-electron chi connectivity index (χ4n) is 2.45. The lowest BCUT2D eigenvalue weighted by Crippen LogP contribution is -2.25. The largest absolute Gasteiger partial charge is 0.462 e. The SMILES string of the molecule is CCOC(=O)c1c(CC)cc(=O)n(-c2ccccc2)c1C. The van der Waals surface area contributed by atoms with Gasteiger partial charge in [-0.25, -0.2) is 4.79 Å². The standard InChI is InChI=1S/C17H19NO3/c1-4-13-11-15(19)18(14-9-7-6-8-10-14)12(3)16(13)17(20)21-5-2/h6-11H,4-5H2,1-3H3. The van der Waals surface area contributed by atoms with Crippen molar-refractivity contribution in [1.82, 2.24) is 4.57 Å². The number of hydrogen-bond donors (Lipinski definition) is 0. The molecule has 2 aromatic rings. The number of hydrogen-bond acceptors (Lipinski definition) is 3. The second kappa shape index (κ2) is 6.39. The van der Waals surface area contributed by atoms with Crippen LogP contribution >= 0.6 is 0 Å². The third-order valence-electron chi connectivity index (χ3n) is 3.41. The summed E-state index contributed by atoms with van der Waals surface area (Å²) in [5.74, 6) is -0.378. The van der Waals surface area contributed by atoms with Gasteiger partial charge in [-0.2, -0.15) is 0 Å². The molecule has 0 bridgehead atoms. The van der Waals surface area contributed by atoms with Crippen LogP contribution in [0.5, 0.6) is 0 Å². The minimum Gasteiger partial charge on any atom is -0.462 e. The molecule has 0 aliphatic heterocycles. The van der Waals surface area contributed by atoms with Crippen LogP contribution in [-0.2, 0) is 11.2 Å². The van der Waals surface area contributed by atoms with Gasteiger partial charge in [0.15, 0.2) is 0 Å². The van der Waals surface area contributed by atoms with Crippen molar-refractivity contribution >= 4 is 5.97 Å². The maximum Gasteiger partial charge on any atom is 0.340 e. The molecule has 1 aromatic heterocycles. The molecule has 0 atom stereocenters. The summed E-state index contributed by atoms with van der Waals surface area (Å²) in [5, 5.41) is 0. The van der Waals surface area contributed by atoms with Crippen LogP contribution in [0.25, 0.3) is 5.69 Å². The average molecular weight is 285 g/mol. The first-order valence-corrected chi connectivity index (χ1v) is 7.08. The molecule has 0 saturated heterocycles. The molecule has 0 amide bonds. The molecule has 2 rings (SSSR count). The van der Waals surface area contributed by atoms with E-state index >= 15 is 0 Å². The van der Waals surface area contributed by atoms with Crippen LogP contribution in [0.3, 0.4) is 0 Å². The van der Waals surface area contributed by atoms with Gasteiger partial charge in [0.2, 0.25) is 0 Å². The molecule has 1 heterocycles. The van der Waals surface area contributed by atoms with Crippen molar-refractivity contribution in [2.45, 2.75) is 27.2 Å². The van der Waals surface area contributed by atoms with E-state index in [0.29, 0.717) is 24.3 Å². The number of ether oxygens (including phenoxy) is 1. The van der Waals surface area contributed by atoms with E-state index in [2.05, 4.69) is 0 Å². The summed E-state index contributed by atoms with van der Waals surface area (Å²) < 4.78 is 6.67. The van der Waals surface area contributed by atoms with Gasteiger partial charge in [0.1, 0.15) is 0 Å². The van der Waals surface area contributed by atoms with Gasteiger partial charge in [0.25, 0.3) is 5.56 Å². The van der Waals surface area contributed by atoms with Gasteiger partial charge < -0.3 is 4.74 Å². The van der Waals surface area contributed by atoms with Crippen molar-refractivity contribution in [2.24, 2.45) is 0 Å². The number of esters is 1. The maximum atomic E-state index is 12.4. The summed E-state index contributed by atoms with van der Waals surface area (Å²) in [7, 11) is 0. The summed E-state index contributed by atoms with van der Waals surface area (Å²) >= 11 is 0. The van der Waals surface area contributed by atoms with Gasteiger partial charge in [0, 0.05) is 17.4 Å². The minimum absolute atomic E-state index is 0.136. The molecule has 0 unspecified atom stereocenters. The second-order valence-electron chi connectivity index (χ2n) is 4.71. The van der Waals surface area contributed by atoms with E-state index in [-0.39, 0.29) is 11.5 Å². The summed E-state index contributed by atoms with van der Waals surface area (Å²) in [4.78, 5) is 24.6. The number of nitrogens with zero attached hydrogens (tertiary/aromatic N) is 1. The van der Waals surface area contributed by atoms with Crippen molar-refractivity contribution in [1.29, 1.82) is 0 Å². The van der Waals surface area contributed by atoms with Gasteiger partial charge in [0.05, 0.1) is 12.2 Å². The maximum absolute atomic E-state index is 12.4. The minimum atomic E-state index is -0.378. The van der Waals surface area contributed by atoms with Crippen LogP contribution < -0.4 is 5.56 Å². The molecule has 0 radical (unpaired) electrons. The zero-order valence-corrected chi connectivity index (χ0v) is 12.6. The van der Waals surface area contributed by atoms with E-state index in [1.54, 1.807) is 18.4 Å². The zero-order chi connectivity index (χ0) is 15.4. The quantitative estimate of drug-likeness (QED) is 0.812. The lowest BCUT2D eigenvalue weighted by atomic mass is 10.0. The second-order valence-corrected chi connectivity index (χ2v) is 4.71. The number of benzene rings is 1. The number of rotatable bonds is 4. The first kappa shape index (κ1) is 15.0. The highest BCUT2D eigenvalue weighted by Gasteiger charge is 2.19. The Kier molecular flexibility index (Phi) is 4.58. The van der Waals surface area contributed by atoms with E-state index in [4.69, 9.17) is 4.74 Å². The Morgan fingerprint density at radius 1 is 1.19 bits per heavy atom. The number of aryl methyl sites for hydroxylation is 1. The van der Waals surface area contributed by atoms with Crippen LogP contribution in [0.4, 0.5) is 0 Å². The number of pyridine rings is 1. The Bertz CT molecular complexity index is 702. The van der Waals surface area contributed by atoms with Crippen molar-refractivity contribution < 1.29 is 9.53 Å². The molecule has 0 spiro atoms. The number of carbonyl (C=O) groups is 1. The van der Waals surface area contributed by atoms with Crippen molar-refractivity contribution in [3.8, 4) is 5.69 Å². The van der Waals surface area contributed by atoms with Crippen LogP contribution in [0.1, 0.15) is 35.5 Å². The Labute approximate surface area is 124 Å². The molecule has 4 heteroatoms. The molecule has 0 saturated carbocycles. The highest BCUT2D eigenvalue weighted by molar-refractivity contribution is 5.92. The summed E-state index contributed by atoms with van der Waals surface area (Å²) in [6, 6.07) is 10.8. The van der Waals surface area contributed by atoms with Gasteiger partial charge in [-0.15, -0.1) is 0 Å². The average Bonchev–Trinajstić information content (AvgIpc) is 2.47. The monoisotopic (exact) mass is 285 g/mol. The number of para-hydroxylation sites is 1. The molecule has 110 valence electrons. The molecule has 4 nitrogen and oxygen atoms in total. The highest BCUT2D eigenvalue weighted by Crippen LogP contribution is 2.17. The summed E-state index contributed by atoms with van der Waals surface area (Å²) in [5.41, 5.74) is 2.44. The molecular weight excluding hydrogens is 266 g/mol. The Morgan fingerprint density at radius 2 is 1.86 bits per heavy atom. The predicted octanol–water partition coefficient (Wildman–Crippen LogP) is 2.89. The Balaban J connectivity index is 2.71. The Hall–Kier alpha value is -2.36. The highest BCUT2D eigenvalue weighted by atomic mass is 16.5. The summed E-state index contributed by atoms with van der Waals surface area (Å²) in [6.45, 7) is 5.78. The number of aromatic nitrogens is 1.